The van der Waals surface area contributed by atoms with E-state index >= 15 is 0 Å². The average Bonchev–Trinajstić information content (AvgIpc) is 2.67. The third-order valence-electron chi connectivity index (χ3n) is 2.33. The molecule has 0 aliphatic carbocycles. The lowest BCUT2D eigenvalue weighted by Crippen LogP contribution is -2.35. The Morgan fingerprint density at radius 2 is 1.67 bits per heavy atom. The molecule has 0 aromatic carbocycles. The van der Waals surface area contributed by atoms with Crippen LogP contribution in [0.25, 0.3) is 0 Å². The van der Waals surface area contributed by atoms with E-state index in [0.29, 0.717) is 18.2 Å². The molecule has 3 nitrogen and oxygen atoms in total. The number of hydrogen-bond donors (Lipinski definition) is 1. The zero-order chi connectivity index (χ0) is 11.7. The van der Waals surface area contributed by atoms with E-state index in [0.717, 1.165) is 13.2 Å². The fourth-order valence-electron chi connectivity index (χ4n) is 1.68. The molecule has 0 spiro atoms. The Morgan fingerprint density at radius 3 is 2.13 bits per heavy atom. The van der Waals surface area contributed by atoms with Gasteiger partial charge in [0.1, 0.15) is 0 Å². The SMILES string of the molecule is CC.COCC1CCC(COC(C)C)N1. The lowest BCUT2D eigenvalue weighted by molar-refractivity contribution is 0.0627. The molecule has 1 heterocycles. The lowest BCUT2D eigenvalue weighted by atomic mass is 10.2. The summed E-state index contributed by atoms with van der Waals surface area (Å²) in [5.41, 5.74) is 0. The molecule has 2 atom stereocenters. The lowest BCUT2D eigenvalue weighted by Gasteiger charge is -2.15. The molecule has 0 amide bonds. The van der Waals surface area contributed by atoms with Gasteiger partial charge in [0.05, 0.1) is 19.3 Å². The molecule has 1 aliphatic rings. The molecule has 0 aromatic rings. The minimum absolute atomic E-state index is 0.336. The Hall–Kier alpha value is -0.120. The standard InChI is InChI=1S/C10H21NO2.C2H6/c1-8(2)13-7-10-5-4-9(11-10)6-12-3;1-2/h8-11H,4-7H2,1-3H3;1-2H3. The summed E-state index contributed by atoms with van der Waals surface area (Å²) in [6, 6.07) is 1.06. The summed E-state index contributed by atoms with van der Waals surface area (Å²) >= 11 is 0. The third kappa shape index (κ3) is 6.88. The maximum Gasteiger partial charge on any atom is 0.0623 e. The summed E-state index contributed by atoms with van der Waals surface area (Å²) < 4.78 is 10.6. The fraction of sp³-hybridized carbons (Fsp3) is 1.00. The summed E-state index contributed by atoms with van der Waals surface area (Å²) in [4.78, 5) is 0. The van der Waals surface area contributed by atoms with Crippen LogP contribution in [0.15, 0.2) is 0 Å². The van der Waals surface area contributed by atoms with Gasteiger partial charge in [-0.15, -0.1) is 0 Å². The number of hydrogen-bond acceptors (Lipinski definition) is 3. The van der Waals surface area contributed by atoms with Crippen LogP contribution in [0.4, 0.5) is 0 Å². The topological polar surface area (TPSA) is 30.5 Å². The van der Waals surface area contributed by atoms with Crippen molar-refractivity contribution >= 4 is 0 Å². The van der Waals surface area contributed by atoms with Crippen molar-refractivity contribution in [3.8, 4) is 0 Å². The molecular weight excluding hydrogens is 190 g/mol. The van der Waals surface area contributed by atoms with Crippen LogP contribution >= 0.6 is 0 Å². The van der Waals surface area contributed by atoms with Gasteiger partial charge in [-0.05, 0) is 26.7 Å². The summed E-state index contributed by atoms with van der Waals surface area (Å²) in [5, 5.41) is 3.50. The molecule has 3 heteroatoms. The van der Waals surface area contributed by atoms with Crippen LogP contribution in [0, 0.1) is 0 Å². The third-order valence-corrected chi connectivity index (χ3v) is 2.33. The van der Waals surface area contributed by atoms with Gasteiger partial charge in [0, 0.05) is 19.2 Å². The van der Waals surface area contributed by atoms with Crippen molar-refractivity contribution in [2.24, 2.45) is 0 Å². The highest BCUT2D eigenvalue weighted by Gasteiger charge is 2.23. The molecule has 0 aromatic heterocycles. The van der Waals surface area contributed by atoms with Crippen molar-refractivity contribution in [3.05, 3.63) is 0 Å². The van der Waals surface area contributed by atoms with E-state index in [2.05, 4.69) is 19.2 Å². The first-order chi connectivity index (χ1) is 7.22. The van der Waals surface area contributed by atoms with Crippen LogP contribution in [0.3, 0.4) is 0 Å². The van der Waals surface area contributed by atoms with Gasteiger partial charge in [-0.3, -0.25) is 0 Å². The highest BCUT2D eigenvalue weighted by atomic mass is 16.5. The second-order valence-corrected chi connectivity index (χ2v) is 3.98. The fourth-order valence-corrected chi connectivity index (χ4v) is 1.68. The van der Waals surface area contributed by atoms with Crippen LogP contribution in [0.5, 0.6) is 0 Å². The summed E-state index contributed by atoms with van der Waals surface area (Å²) in [6.45, 7) is 9.79. The number of methoxy groups -OCH3 is 1. The van der Waals surface area contributed by atoms with Gasteiger partial charge < -0.3 is 14.8 Å². The monoisotopic (exact) mass is 217 g/mol. The van der Waals surface area contributed by atoms with E-state index in [-0.39, 0.29) is 0 Å². The minimum atomic E-state index is 0.336. The number of ether oxygens (including phenoxy) is 2. The predicted molar refractivity (Wildman–Crippen MR) is 64.3 cm³/mol. The van der Waals surface area contributed by atoms with E-state index in [9.17, 15) is 0 Å². The Labute approximate surface area is 94.5 Å². The van der Waals surface area contributed by atoms with Crippen LogP contribution < -0.4 is 5.32 Å². The maximum absolute atomic E-state index is 5.55. The average molecular weight is 217 g/mol. The molecule has 15 heavy (non-hydrogen) atoms. The number of rotatable bonds is 5. The Morgan fingerprint density at radius 1 is 1.13 bits per heavy atom. The van der Waals surface area contributed by atoms with E-state index < -0.39 is 0 Å². The molecule has 92 valence electrons. The molecule has 1 N–H and O–H groups in total. The van der Waals surface area contributed by atoms with E-state index in [1.54, 1.807) is 7.11 Å². The zero-order valence-electron chi connectivity index (χ0n) is 10.9. The second-order valence-electron chi connectivity index (χ2n) is 3.98. The van der Waals surface area contributed by atoms with Crippen molar-refractivity contribution < 1.29 is 9.47 Å². The van der Waals surface area contributed by atoms with Crippen LogP contribution in [-0.4, -0.2) is 38.5 Å². The van der Waals surface area contributed by atoms with Gasteiger partial charge in [0.2, 0.25) is 0 Å². The summed E-state index contributed by atoms with van der Waals surface area (Å²) in [6.07, 6.45) is 2.75. The van der Waals surface area contributed by atoms with Crippen LogP contribution in [-0.2, 0) is 9.47 Å². The quantitative estimate of drug-likeness (QED) is 0.766. The van der Waals surface area contributed by atoms with Gasteiger partial charge in [0.25, 0.3) is 0 Å². The van der Waals surface area contributed by atoms with Crippen molar-refractivity contribution in [2.45, 2.75) is 58.7 Å². The minimum Gasteiger partial charge on any atom is -0.383 e. The zero-order valence-corrected chi connectivity index (χ0v) is 10.9. The first kappa shape index (κ1) is 14.9. The van der Waals surface area contributed by atoms with Gasteiger partial charge in [-0.1, -0.05) is 13.8 Å². The smallest absolute Gasteiger partial charge is 0.0623 e. The molecular formula is C12H27NO2. The normalized spacial score (nSPS) is 25.2. The van der Waals surface area contributed by atoms with Gasteiger partial charge >= 0.3 is 0 Å². The molecule has 1 rings (SSSR count). The van der Waals surface area contributed by atoms with Gasteiger partial charge in [-0.25, -0.2) is 0 Å². The number of nitrogens with one attached hydrogen (secondary N) is 1. The Bertz CT molecular complexity index is 140. The summed E-state index contributed by atoms with van der Waals surface area (Å²) in [7, 11) is 1.75. The summed E-state index contributed by atoms with van der Waals surface area (Å²) in [5.74, 6) is 0. The van der Waals surface area contributed by atoms with E-state index in [4.69, 9.17) is 9.47 Å². The van der Waals surface area contributed by atoms with Gasteiger partial charge in [0.15, 0.2) is 0 Å². The first-order valence-electron chi connectivity index (χ1n) is 6.09. The van der Waals surface area contributed by atoms with Crippen molar-refractivity contribution in [1.29, 1.82) is 0 Å². The molecule has 2 unspecified atom stereocenters. The highest BCUT2D eigenvalue weighted by Crippen LogP contribution is 2.13. The Kier molecular flexibility index (Phi) is 9.06. The predicted octanol–water partition coefficient (Wildman–Crippen LogP) is 2.20. The highest BCUT2D eigenvalue weighted by molar-refractivity contribution is 4.83. The van der Waals surface area contributed by atoms with E-state index in [1.807, 2.05) is 13.8 Å². The molecule has 0 saturated carbocycles. The second kappa shape index (κ2) is 9.13. The van der Waals surface area contributed by atoms with Gasteiger partial charge in [-0.2, -0.15) is 0 Å². The molecule has 1 fully saturated rings. The molecule has 1 saturated heterocycles. The molecule has 1 aliphatic heterocycles. The largest absolute Gasteiger partial charge is 0.383 e. The first-order valence-corrected chi connectivity index (χ1v) is 6.09. The molecule has 0 radical (unpaired) electrons. The van der Waals surface area contributed by atoms with Crippen molar-refractivity contribution in [2.75, 3.05) is 20.3 Å². The molecule has 0 bridgehead atoms. The van der Waals surface area contributed by atoms with Crippen molar-refractivity contribution in [1.82, 2.24) is 5.32 Å². The van der Waals surface area contributed by atoms with Crippen LogP contribution in [0.2, 0.25) is 0 Å². The van der Waals surface area contributed by atoms with E-state index in [1.165, 1.54) is 12.8 Å². The van der Waals surface area contributed by atoms with Crippen molar-refractivity contribution in [3.63, 3.8) is 0 Å². The van der Waals surface area contributed by atoms with Crippen LogP contribution in [0.1, 0.15) is 40.5 Å². The Balaban J connectivity index is 0.000000921. The maximum atomic E-state index is 5.55.